The van der Waals surface area contributed by atoms with Gasteiger partial charge in [-0.15, -0.1) is 0 Å². The first-order chi connectivity index (χ1) is 19.0. The topological polar surface area (TPSA) is 78.1 Å². The van der Waals surface area contributed by atoms with E-state index in [1.54, 1.807) is 19.2 Å². The van der Waals surface area contributed by atoms with E-state index in [-0.39, 0.29) is 17.2 Å². The highest BCUT2D eigenvalue weighted by molar-refractivity contribution is 7.99. The van der Waals surface area contributed by atoms with Gasteiger partial charge in [0.25, 0.3) is 5.56 Å². The predicted octanol–water partition coefficient (Wildman–Crippen LogP) is 5.95. The highest BCUT2D eigenvalue weighted by Crippen LogP contribution is 2.30. The van der Waals surface area contributed by atoms with Crippen LogP contribution in [-0.4, -0.2) is 32.9 Å². The van der Waals surface area contributed by atoms with Crippen molar-refractivity contribution in [2.24, 2.45) is 0 Å². The molecule has 0 atom stereocenters. The summed E-state index contributed by atoms with van der Waals surface area (Å²) >= 11 is 8.11. The Bertz CT molecular complexity index is 1740. The molecule has 5 rings (SSSR count). The van der Waals surface area contributed by atoms with E-state index in [9.17, 15) is 9.59 Å². The van der Waals surface area contributed by atoms with Crippen LogP contribution in [0.15, 0.2) is 88.8 Å². The van der Waals surface area contributed by atoms with Crippen LogP contribution in [0.2, 0.25) is 0 Å². The van der Waals surface area contributed by atoms with E-state index in [1.807, 2.05) is 71.3 Å². The van der Waals surface area contributed by atoms with Gasteiger partial charge in [-0.2, -0.15) is 0 Å². The van der Waals surface area contributed by atoms with E-state index in [1.165, 1.54) is 33.2 Å². The summed E-state index contributed by atoms with van der Waals surface area (Å²) in [5, 5.41) is 3.31. The van der Waals surface area contributed by atoms with Crippen molar-refractivity contribution in [3.05, 3.63) is 104 Å². The minimum atomic E-state index is -0.267. The maximum Gasteiger partial charge on any atom is 0.278 e. The van der Waals surface area contributed by atoms with Crippen molar-refractivity contribution in [2.45, 2.75) is 25.0 Å². The molecule has 0 bridgehead atoms. The third-order valence-corrected chi connectivity index (χ3v) is 8.46. The number of hydrogen-bond acceptors (Lipinski definition) is 7. The smallest absolute Gasteiger partial charge is 0.278 e. The van der Waals surface area contributed by atoms with E-state index in [2.05, 4.69) is 12.2 Å². The molecule has 10 heteroatoms. The van der Waals surface area contributed by atoms with E-state index < -0.39 is 0 Å². The van der Waals surface area contributed by atoms with Gasteiger partial charge in [0.1, 0.15) is 10.4 Å². The van der Waals surface area contributed by atoms with Gasteiger partial charge in [0.05, 0.1) is 18.6 Å². The van der Waals surface area contributed by atoms with E-state index in [4.69, 9.17) is 21.9 Å². The molecule has 0 radical (unpaired) electrons. The second-order valence-corrected chi connectivity index (χ2v) is 11.2. The fraction of sp³-hybridized carbons (Fsp3) is 0.172. The number of carbonyl (C=O) groups excluding carboxylic acids is 1. The molecule has 2 aromatic heterocycles. The number of benzene rings is 3. The first kappa shape index (κ1) is 26.9. The van der Waals surface area contributed by atoms with Crippen LogP contribution in [-0.2, 0) is 17.8 Å². The Morgan fingerprint density at radius 2 is 1.72 bits per heavy atom. The van der Waals surface area contributed by atoms with Crippen molar-refractivity contribution in [1.29, 1.82) is 0 Å². The molecule has 2 heterocycles. The third kappa shape index (κ3) is 5.68. The molecule has 0 saturated heterocycles. The van der Waals surface area contributed by atoms with Crippen molar-refractivity contribution in [3.8, 4) is 17.1 Å². The fourth-order valence-electron chi connectivity index (χ4n) is 4.15. The Kier molecular flexibility index (Phi) is 8.25. The highest BCUT2D eigenvalue weighted by Gasteiger charge is 2.21. The second kappa shape index (κ2) is 12.0. The van der Waals surface area contributed by atoms with Gasteiger partial charge in [0.15, 0.2) is 14.8 Å². The standard InChI is InChI=1S/C29H26N4O3S3/c1-3-19-13-15-21(16-14-19)32-26-25(39-29(32)37)27(35)33(22-11-7-8-12-23(22)36-2)28(31-26)38-18-24(34)30-17-20-9-5-4-6-10-20/h4-16H,3,17-18H2,1-2H3,(H,30,34). The average Bonchev–Trinajstić information content (AvgIpc) is 3.31. The Balaban J connectivity index is 1.58. The molecule has 3 aromatic carbocycles. The van der Waals surface area contributed by atoms with Crippen LogP contribution >= 0.6 is 35.3 Å². The van der Waals surface area contributed by atoms with Gasteiger partial charge in [-0.3, -0.25) is 18.7 Å². The van der Waals surface area contributed by atoms with Gasteiger partial charge >= 0.3 is 0 Å². The second-order valence-electron chi connectivity index (χ2n) is 8.63. The van der Waals surface area contributed by atoms with E-state index >= 15 is 0 Å². The molecule has 0 spiro atoms. The summed E-state index contributed by atoms with van der Waals surface area (Å²) in [5.74, 6) is 0.437. The minimum absolute atomic E-state index is 0.0794. The van der Waals surface area contributed by atoms with Gasteiger partial charge in [-0.05, 0) is 54.0 Å². The number of thioether (sulfide) groups is 1. The van der Waals surface area contributed by atoms with Crippen LogP contribution in [0.25, 0.3) is 21.7 Å². The fourth-order valence-corrected chi connectivity index (χ4v) is 6.28. The lowest BCUT2D eigenvalue weighted by Crippen LogP contribution is -2.26. The summed E-state index contributed by atoms with van der Waals surface area (Å²) in [6.45, 7) is 2.52. The summed E-state index contributed by atoms with van der Waals surface area (Å²) < 4.78 is 9.84. The summed E-state index contributed by atoms with van der Waals surface area (Å²) in [4.78, 5) is 31.7. The number of ether oxygens (including phenoxy) is 1. The minimum Gasteiger partial charge on any atom is -0.495 e. The average molecular weight is 575 g/mol. The molecule has 0 aliphatic heterocycles. The molecule has 0 aliphatic rings. The third-order valence-electron chi connectivity index (χ3n) is 6.17. The zero-order valence-electron chi connectivity index (χ0n) is 21.4. The number of aromatic nitrogens is 3. The van der Waals surface area contributed by atoms with E-state index in [0.29, 0.717) is 37.4 Å². The van der Waals surface area contributed by atoms with Crippen molar-refractivity contribution >= 4 is 51.6 Å². The molecular weight excluding hydrogens is 549 g/mol. The number of amides is 1. The predicted molar refractivity (Wildman–Crippen MR) is 160 cm³/mol. The zero-order chi connectivity index (χ0) is 27.4. The first-order valence-electron chi connectivity index (χ1n) is 12.3. The summed E-state index contributed by atoms with van der Waals surface area (Å²) in [5.41, 5.74) is 3.79. The van der Waals surface area contributed by atoms with Crippen LogP contribution in [0.1, 0.15) is 18.1 Å². The van der Waals surface area contributed by atoms with Crippen LogP contribution in [0.4, 0.5) is 0 Å². The van der Waals surface area contributed by atoms with Crippen LogP contribution in [0.3, 0.4) is 0 Å². The molecular formula is C29H26N4O3S3. The number of methoxy groups -OCH3 is 1. The molecule has 0 saturated carbocycles. The van der Waals surface area contributed by atoms with E-state index in [0.717, 1.165) is 17.7 Å². The number of fused-ring (bicyclic) bond motifs is 1. The number of hydrogen-bond donors (Lipinski definition) is 1. The number of nitrogens with one attached hydrogen (secondary N) is 1. The van der Waals surface area contributed by atoms with Gasteiger partial charge in [0, 0.05) is 12.2 Å². The van der Waals surface area contributed by atoms with Crippen LogP contribution in [0.5, 0.6) is 5.75 Å². The molecule has 1 N–H and O–H groups in total. The highest BCUT2D eigenvalue weighted by atomic mass is 32.2. The first-order valence-corrected chi connectivity index (χ1v) is 14.6. The number of nitrogens with zero attached hydrogens (tertiary/aromatic N) is 3. The SMILES string of the molecule is CCc1ccc(-n2c(=S)sc3c(=O)n(-c4ccccc4OC)c(SCC(=O)NCc4ccccc4)nc32)cc1. The monoisotopic (exact) mass is 574 g/mol. The molecule has 198 valence electrons. The van der Waals surface area contributed by atoms with Crippen LogP contribution < -0.4 is 15.6 Å². The molecule has 0 aliphatic carbocycles. The number of aryl methyl sites for hydroxylation is 1. The maximum absolute atomic E-state index is 14.0. The molecule has 5 aromatic rings. The quantitative estimate of drug-likeness (QED) is 0.133. The number of thiazole rings is 1. The lowest BCUT2D eigenvalue weighted by molar-refractivity contribution is -0.118. The molecule has 1 amide bonds. The number of carbonyl (C=O) groups is 1. The van der Waals surface area contributed by atoms with Crippen LogP contribution in [0, 0.1) is 3.95 Å². The normalized spacial score (nSPS) is 11.0. The molecule has 0 unspecified atom stereocenters. The summed E-state index contributed by atoms with van der Waals surface area (Å²) in [7, 11) is 1.56. The van der Waals surface area contributed by atoms with Gasteiger partial charge < -0.3 is 10.1 Å². The lowest BCUT2D eigenvalue weighted by Gasteiger charge is -2.15. The Morgan fingerprint density at radius 1 is 1.00 bits per heavy atom. The number of rotatable bonds is 9. The van der Waals surface area contributed by atoms with Crippen molar-refractivity contribution < 1.29 is 9.53 Å². The Morgan fingerprint density at radius 3 is 2.44 bits per heavy atom. The van der Waals surface area contributed by atoms with Gasteiger partial charge in [-0.1, -0.05) is 84.6 Å². The maximum atomic E-state index is 14.0. The van der Waals surface area contributed by atoms with Crippen molar-refractivity contribution in [3.63, 3.8) is 0 Å². The zero-order valence-corrected chi connectivity index (χ0v) is 23.9. The van der Waals surface area contributed by atoms with Crippen molar-refractivity contribution in [2.75, 3.05) is 12.9 Å². The molecule has 39 heavy (non-hydrogen) atoms. The summed E-state index contributed by atoms with van der Waals surface area (Å²) in [6, 6.07) is 25.0. The van der Waals surface area contributed by atoms with Crippen molar-refractivity contribution in [1.82, 2.24) is 19.4 Å². The largest absolute Gasteiger partial charge is 0.495 e. The Hall–Kier alpha value is -3.73. The van der Waals surface area contributed by atoms with Gasteiger partial charge in [0.2, 0.25) is 5.91 Å². The number of para-hydroxylation sites is 2. The van der Waals surface area contributed by atoms with Gasteiger partial charge in [-0.25, -0.2) is 4.98 Å². The molecule has 0 fully saturated rings. The summed E-state index contributed by atoms with van der Waals surface area (Å²) in [6.07, 6.45) is 0.922. The lowest BCUT2D eigenvalue weighted by atomic mass is 10.1. The Labute approximate surface area is 239 Å². The molecule has 7 nitrogen and oxygen atoms in total.